The molecule has 0 N–H and O–H groups in total. The highest BCUT2D eigenvalue weighted by atomic mass is 127. The molecule has 1 aromatic rings. The van der Waals surface area contributed by atoms with E-state index in [4.69, 9.17) is 11.6 Å². The maximum absolute atomic E-state index is 5.82. The van der Waals surface area contributed by atoms with E-state index in [-0.39, 0.29) is 0 Å². The summed E-state index contributed by atoms with van der Waals surface area (Å²) in [6.07, 6.45) is 2.02. The van der Waals surface area contributed by atoms with Crippen molar-refractivity contribution in [1.29, 1.82) is 0 Å². The average Bonchev–Trinajstić information content (AvgIpc) is 2.23. The van der Waals surface area contributed by atoms with Gasteiger partial charge in [0.1, 0.15) is 0 Å². The SMILES string of the molecule is CN=C(SC)N(I)Cc1ccc(Cl)cc1. The minimum atomic E-state index is 0.771. The van der Waals surface area contributed by atoms with Crippen LogP contribution in [0.2, 0.25) is 5.02 Å². The van der Waals surface area contributed by atoms with Gasteiger partial charge in [-0.15, -0.1) is 0 Å². The number of hydrogen-bond acceptors (Lipinski definition) is 2. The second-order valence-corrected chi connectivity index (χ2v) is 5.23. The number of amidine groups is 1. The van der Waals surface area contributed by atoms with Gasteiger partial charge in [0.25, 0.3) is 0 Å². The van der Waals surface area contributed by atoms with Gasteiger partial charge in [0.05, 0.1) is 29.4 Å². The van der Waals surface area contributed by atoms with Crippen LogP contribution < -0.4 is 0 Å². The first-order valence-corrected chi connectivity index (χ1v) is 6.92. The van der Waals surface area contributed by atoms with Crippen molar-refractivity contribution in [2.75, 3.05) is 13.3 Å². The number of rotatable bonds is 2. The number of nitrogens with zero attached hydrogens (tertiary/aromatic N) is 2. The van der Waals surface area contributed by atoms with Crippen LogP contribution in [0.4, 0.5) is 0 Å². The van der Waals surface area contributed by atoms with E-state index in [2.05, 4.69) is 31.0 Å². The van der Waals surface area contributed by atoms with E-state index in [1.54, 1.807) is 18.8 Å². The molecule has 2 nitrogen and oxygen atoms in total. The number of halogens is 2. The Hall–Kier alpha value is 0.0600. The predicted molar refractivity (Wildman–Crippen MR) is 77.9 cm³/mol. The molecule has 0 heterocycles. The lowest BCUT2D eigenvalue weighted by Crippen LogP contribution is -2.16. The molecule has 5 heteroatoms. The summed E-state index contributed by atoms with van der Waals surface area (Å²) in [4.78, 5) is 4.19. The molecule has 0 saturated carbocycles. The highest BCUT2D eigenvalue weighted by molar-refractivity contribution is 14.1. The first kappa shape index (κ1) is 13.1. The van der Waals surface area contributed by atoms with E-state index in [0.29, 0.717) is 0 Å². The molecule has 0 saturated heterocycles. The van der Waals surface area contributed by atoms with E-state index in [9.17, 15) is 0 Å². The van der Waals surface area contributed by atoms with Crippen molar-refractivity contribution in [3.63, 3.8) is 0 Å². The van der Waals surface area contributed by atoms with Gasteiger partial charge < -0.3 is 0 Å². The van der Waals surface area contributed by atoms with Crippen LogP contribution in [0.3, 0.4) is 0 Å². The van der Waals surface area contributed by atoms with Gasteiger partial charge in [-0.3, -0.25) is 8.11 Å². The Kier molecular flexibility index (Phi) is 5.78. The highest BCUT2D eigenvalue weighted by Gasteiger charge is 2.06. The third-order valence-electron chi connectivity index (χ3n) is 1.82. The van der Waals surface area contributed by atoms with Crippen molar-refractivity contribution in [1.82, 2.24) is 3.11 Å². The van der Waals surface area contributed by atoms with Crippen LogP contribution >= 0.6 is 46.2 Å². The van der Waals surface area contributed by atoms with E-state index < -0.39 is 0 Å². The van der Waals surface area contributed by atoms with Crippen molar-refractivity contribution in [3.8, 4) is 0 Å². The number of thioether (sulfide) groups is 1. The fraction of sp³-hybridized carbons (Fsp3) is 0.300. The Bertz CT molecular complexity index is 340. The zero-order chi connectivity index (χ0) is 11.3. The van der Waals surface area contributed by atoms with Crippen LogP contribution in [0.25, 0.3) is 0 Å². The molecule has 15 heavy (non-hydrogen) atoms. The molecule has 0 atom stereocenters. The summed E-state index contributed by atoms with van der Waals surface area (Å²) in [5, 5.41) is 1.79. The molecular weight excluding hydrogens is 343 g/mol. The summed E-state index contributed by atoms with van der Waals surface area (Å²) in [5.74, 6) is 0. The molecule has 0 bridgehead atoms. The second-order valence-electron chi connectivity index (χ2n) is 2.86. The van der Waals surface area contributed by atoms with Gasteiger partial charge in [-0.05, 0) is 24.0 Å². The van der Waals surface area contributed by atoms with Crippen molar-refractivity contribution < 1.29 is 0 Å². The van der Waals surface area contributed by atoms with Crippen molar-refractivity contribution >= 4 is 51.4 Å². The highest BCUT2D eigenvalue weighted by Crippen LogP contribution is 2.17. The monoisotopic (exact) mass is 354 g/mol. The molecule has 0 aliphatic heterocycles. The molecule has 0 radical (unpaired) electrons. The van der Waals surface area contributed by atoms with Crippen molar-refractivity contribution in [3.05, 3.63) is 34.9 Å². The lowest BCUT2D eigenvalue weighted by atomic mass is 10.2. The lowest BCUT2D eigenvalue weighted by molar-refractivity contribution is 0.729. The van der Waals surface area contributed by atoms with Crippen LogP contribution in [-0.2, 0) is 6.54 Å². The Morgan fingerprint density at radius 2 is 2.07 bits per heavy atom. The van der Waals surface area contributed by atoms with Gasteiger partial charge in [0.2, 0.25) is 0 Å². The first-order chi connectivity index (χ1) is 7.17. The van der Waals surface area contributed by atoms with Crippen LogP contribution in [0.1, 0.15) is 5.56 Å². The second kappa shape index (κ2) is 6.60. The van der Waals surface area contributed by atoms with Crippen molar-refractivity contribution in [2.45, 2.75) is 6.54 Å². The van der Waals surface area contributed by atoms with Crippen LogP contribution in [-0.4, -0.2) is 21.6 Å². The quantitative estimate of drug-likeness (QED) is 0.347. The van der Waals surface area contributed by atoms with Crippen LogP contribution in [0.5, 0.6) is 0 Å². The molecular formula is C10H12ClIN2S. The zero-order valence-corrected chi connectivity index (χ0v) is 12.3. The van der Waals surface area contributed by atoms with Gasteiger partial charge in [-0.2, -0.15) is 0 Å². The molecule has 0 aliphatic rings. The average molecular weight is 355 g/mol. The Morgan fingerprint density at radius 3 is 2.53 bits per heavy atom. The molecule has 1 rings (SSSR count). The third kappa shape index (κ3) is 4.20. The van der Waals surface area contributed by atoms with Gasteiger partial charge in [-0.25, -0.2) is 0 Å². The van der Waals surface area contributed by atoms with Gasteiger partial charge in [-0.1, -0.05) is 35.5 Å². The Labute approximate surface area is 114 Å². The number of aliphatic imine (C=N–C) groups is 1. The van der Waals surface area contributed by atoms with Gasteiger partial charge in [0.15, 0.2) is 5.17 Å². The zero-order valence-electron chi connectivity index (χ0n) is 8.58. The van der Waals surface area contributed by atoms with Gasteiger partial charge in [0, 0.05) is 12.1 Å². The van der Waals surface area contributed by atoms with E-state index in [1.165, 1.54) is 5.56 Å². The molecule has 0 aromatic heterocycles. The molecule has 0 spiro atoms. The maximum atomic E-state index is 5.82. The molecule has 0 fully saturated rings. The molecule has 1 aromatic carbocycles. The fourth-order valence-electron chi connectivity index (χ4n) is 1.12. The van der Waals surface area contributed by atoms with Gasteiger partial charge >= 0.3 is 0 Å². The summed E-state index contributed by atoms with van der Waals surface area (Å²) in [5.41, 5.74) is 1.23. The van der Waals surface area contributed by atoms with Crippen molar-refractivity contribution in [2.24, 2.45) is 4.99 Å². The third-order valence-corrected chi connectivity index (χ3v) is 3.96. The molecule has 0 unspecified atom stereocenters. The molecule has 0 aliphatic carbocycles. The summed E-state index contributed by atoms with van der Waals surface area (Å²) < 4.78 is 2.09. The maximum Gasteiger partial charge on any atom is 0.167 e. The Balaban J connectivity index is 2.65. The lowest BCUT2D eigenvalue weighted by Gasteiger charge is -2.16. The number of benzene rings is 1. The minimum Gasteiger partial charge on any atom is -0.290 e. The normalized spacial score (nSPS) is 11.6. The van der Waals surface area contributed by atoms with Crippen LogP contribution in [0, 0.1) is 0 Å². The van der Waals surface area contributed by atoms with E-state index in [1.807, 2.05) is 30.5 Å². The summed E-state index contributed by atoms with van der Waals surface area (Å²) in [6, 6.07) is 7.87. The predicted octanol–water partition coefficient (Wildman–Crippen LogP) is 3.84. The van der Waals surface area contributed by atoms with E-state index >= 15 is 0 Å². The standard InChI is InChI=1S/C10H12ClIN2S/c1-13-10(15-2)14(12)7-8-3-5-9(11)6-4-8/h3-6H,7H2,1-2H3. The summed E-state index contributed by atoms with van der Waals surface area (Å²) in [7, 11) is 1.80. The molecule has 0 amide bonds. The smallest absolute Gasteiger partial charge is 0.167 e. The summed E-state index contributed by atoms with van der Waals surface area (Å²) in [6.45, 7) is 0.839. The summed E-state index contributed by atoms with van der Waals surface area (Å²) >= 11 is 9.73. The largest absolute Gasteiger partial charge is 0.290 e. The fourth-order valence-corrected chi connectivity index (χ4v) is 2.89. The topological polar surface area (TPSA) is 15.6 Å². The minimum absolute atomic E-state index is 0.771. The Morgan fingerprint density at radius 1 is 1.47 bits per heavy atom. The first-order valence-electron chi connectivity index (χ1n) is 4.36. The van der Waals surface area contributed by atoms with Crippen LogP contribution in [0.15, 0.2) is 29.3 Å². The number of hydrogen-bond donors (Lipinski definition) is 0. The molecule has 82 valence electrons. The van der Waals surface area contributed by atoms with E-state index in [0.717, 1.165) is 16.7 Å².